The van der Waals surface area contributed by atoms with E-state index >= 15 is 0 Å². The van der Waals surface area contributed by atoms with Gasteiger partial charge in [-0.1, -0.05) is 11.3 Å². The molecule has 1 amide bonds. The molecule has 3 rings (SSSR count). The maximum Gasteiger partial charge on any atom is 0.324 e. The van der Waals surface area contributed by atoms with E-state index in [4.69, 9.17) is 17.0 Å². The number of carbonyl (C=O) groups is 1. The van der Waals surface area contributed by atoms with Gasteiger partial charge >= 0.3 is 5.00 Å². The van der Waals surface area contributed by atoms with Gasteiger partial charge in [-0.3, -0.25) is 19.8 Å². The fourth-order valence-electron chi connectivity index (χ4n) is 3.07. The first-order chi connectivity index (χ1) is 13.0. The number of nitrogens with one attached hydrogen (secondary N) is 1. The Bertz CT molecular complexity index is 684. The molecule has 3 heterocycles. The number of nitro groups is 1. The number of nitrogens with zero attached hydrogens (tertiary/aromatic N) is 4. The number of thiocarbonyl (C=S) groups is 1. The molecule has 11 heteroatoms. The molecule has 2 saturated heterocycles. The van der Waals surface area contributed by atoms with Crippen LogP contribution in [0.4, 0.5) is 5.00 Å². The van der Waals surface area contributed by atoms with Crippen LogP contribution in [0.2, 0.25) is 0 Å². The average Bonchev–Trinajstić information content (AvgIpc) is 3.19. The number of ether oxygens (including phenoxy) is 1. The lowest BCUT2D eigenvalue weighted by molar-refractivity contribution is -0.380. The Balaban J connectivity index is 1.40. The summed E-state index contributed by atoms with van der Waals surface area (Å²) in [5.74, 6) is -0.154. The molecule has 0 aliphatic carbocycles. The third-order valence-corrected chi connectivity index (χ3v) is 6.07. The highest BCUT2D eigenvalue weighted by Crippen LogP contribution is 2.25. The number of morpholine rings is 1. The van der Waals surface area contributed by atoms with Gasteiger partial charge in [-0.15, -0.1) is 0 Å². The fourth-order valence-corrected chi connectivity index (χ4v) is 4.14. The number of thiophene rings is 1. The minimum atomic E-state index is -0.472. The van der Waals surface area contributed by atoms with Crippen LogP contribution in [-0.2, 0) is 4.74 Å². The van der Waals surface area contributed by atoms with Crippen LogP contribution < -0.4 is 5.32 Å². The normalized spacial score (nSPS) is 18.4. The molecule has 2 aliphatic heterocycles. The van der Waals surface area contributed by atoms with Crippen molar-refractivity contribution < 1.29 is 14.5 Å². The first-order valence-corrected chi connectivity index (χ1v) is 10.1. The summed E-state index contributed by atoms with van der Waals surface area (Å²) < 4.78 is 5.34. The van der Waals surface area contributed by atoms with Gasteiger partial charge in [0, 0.05) is 58.4 Å². The zero-order valence-corrected chi connectivity index (χ0v) is 16.6. The minimum Gasteiger partial charge on any atom is -0.379 e. The van der Waals surface area contributed by atoms with Crippen LogP contribution >= 0.6 is 23.6 Å². The molecule has 0 spiro atoms. The van der Waals surface area contributed by atoms with Gasteiger partial charge in [-0.25, -0.2) is 0 Å². The van der Waals surface area contributed by atoms with E-state index in [1.807, 2.05) is 0 Å². The fraction of sp³-hybridized carbons (Fsp3) is 0.625. The highest BCUT2D eigenvalue weighted by atomic mass is 32.1. The summed E-state index contributed by atoms with van der Waals surface area (Å²) in [7, 11) is 0. The lowest BCUT2D eigenvalue weighted by atomic mass is 10.3. The van der Waals surface area contributed by atoms with Gasteiger partial charge in [0.25, 0.3) is 5.91 Å². The molecule has 1 N–H and O–H groups in total. The maximum absolute atomic E-state index is 12.5. The van der Waals surface area contributed by atoms with Gasteiger partial charge in [0.2, 0.25) is 0 Å². The van der Waals surface area contributed by atoms with E-state index in [2.05, 4.69) is 15.1 Å². The van der Waals surface area contributed by atoms with Crippen molar-refractivity contribution in [1.29, 1.82) is 0 Å². The molecule has 0 radical (unpaired) electrons. The van der Waals surface area contributed by atoms with Gasteiger partial charge < -0.3 is 19.9 Å². The number of amides is 1. The molecule has 2 fully saturated rings. The second-order valence-corrected chi connectivity index (χ2v) is 7.81. The minimum absolute atomic E-state index is 0.0115. The standard InChI is InChI=1S/C16H23N5O4S2/c22-15(13-1-2-14(27-13)21(23)24)19-5-7-20(8-6-19)16(26)17-3-4-18-9-11-25-12-10-18/h1-2H,3-12H2,(H,17,26). The molecule has 0 atom stereocenters. The first-order valence-electron chi connectivity index (χ1n) is 8.91. The molecule has 0 unspecified atom stereocenters. The highest BCUT2D eigenvalue weighted by molar-refractivity contribution is 7.80. The van der Waals surface area contributed by atoms with Crippen molar-refractivity contribution in [2.45, 2.75) is 0 Å². The van der Waals surface area contributed by atoms with Crippen molar-refractivity contribution in [2.75, 3.05) is 65.6 Å². The number of hydrogen-bond donors (Lipinski definition) is 1. The number of carbonyl (C=O) groups excluding carboxylic acids is 1. The van der Waals surface area contributed by atoms with Crippen LogP contribution in [0.15, 0.2) is 12.1 Å². The van der Waals surface area contributed by atoms with Crippen LogP contribution in [-0.4, -0.2) is 96.2 Å². The molecule has 2 aliphatic rings. The molecule has 1 aromatic rings. The van der Waals surface area contributed by atoms with Crippen LogP contribution in [0.5, 0.6) is 0 Å². The van der Waals surface area contributed by atoms with Crippen molar-refractivity contribution in [2.24, 2.45) is 0 Å². The van der Waals surface area contributed by atoms with Crippen LogP contribution in [0.3, 0.4) is 0 Å². The molecule has 27 heavy (non-hydrogen) atoms. The zero-order chi connectivity index (χ0) is 19.2. The van der Waals surface area contributed by atoms with Crippen molar-refractivity contribution in [1.82, 2.24) is 20.0 Å². The van der Waals surface area contributed by atoms with Gasteiger partial charge in [0.15, 0.2) is 5.11 Å². The second-order valence-electron chi connectivity index (χ2n) is 6.36. The van der Waals surface area contributed by atoms with E-state index in [-0.39, 0.29) is 10.9 Å². The molecular formula is C16H23N5O4S2. The lowest BCUT2D eigenvalue weighted by Crippen LogP contribution is -2.53. The first kappa shape index (κ1) is 19.9. The van der Waals surface area contributed by atoms with Gasteiger partial charge in [-0.2, -0.15) is 0 Å². The smallest absolute Gasteiger partial charge is 0.324 e. The van der Waals surface area contributed by atoms with E-state index in [9.17, 15) is 14.9 Å². The molecule has 148 valence electrons. The van der Waals surface area contributed by atoms with Crippen molar-refractivity contribution in [3.05, 3.63) is 27.1 Å². The molecular weight excluding hydrogens is 390 g/mol. The van der Waals surface area contributed by atoms with Crippen LogP contribution in [0.25, 0.3) is 0 Å². The van der Waals surface area contributed by atoms with Crippen molar-refractivity contribution in [3.63, 3.8) is 0 Å². The molecule has 0 bridgehead atoms. The Morgan fingerprint density at radius 2 is 1.85 bits per heavy atom. The van der Waals surface area contributed by atoms with E-state index in [1.54, 1.807) is 4.90 Å². The van der Waals surface area contributed by atoms with Crippen molar-refractivity contribution >= 4 is 39.6 Å². The second kappa shape index (κ2) is 9.40. The summed E-state index contributed by atoms with van der Waals surface area (Å²) in [6, 6.07) is 2.90. The third-order valence-electron chi connectivity index (χ3n) is 4.64. The summed E-state index contributed by atoms with van der Waals surface area (Å²) in [6.45, 7) is 7.61. The van der Waals surface area contributed by atoms with E-state index in [0.717, 1.165) is 50.7 Å². The van der Waals surface area contributed by atoms with Gasteiger partial charge in [0.05, 0.1) is 23.0 Å². The Morgan fingerprint density at radius 3 is 2.48 bits per heavy atom. The summed E-state index contributed by atoms with van der Waals surface area (Å²) >= 11 is 6.38. The third kappa shape index (κ3) is 5.34. The predicted octanol–water partition coefficient (Wildman–Crippen LogP) is 0.621. The number of piperazine rings is 1. The quantitative estimate of drug-likeness (QED) is 0.427. The predicted molar refractivity (Wildman–Crippen MR) is 106 cm³/mol. The largest absolute Gasteiger partial charge is 0.379 e. The Hall–Kier alpha value is -1.82. The monoisotopic (exact) mass is 413 g/mol. The zero-order valence-electron chi connectivity index (χ0n) is 15.0. The van der Waals surface area contributed by atoms with E-state index in [1.165, 1.54) is 12.1 Å². The number of rotatable bonds is 5. The summed E-state index contributed by atoms with van der Waals surface area (Å²) in [6.07, 6.45) is 0. The molecule has 0 aromatic carbocycles. The Labute approximate surface area is 167 Å². The molecule has 0 saturated carbocycles. The SMILES string of the molecule is O=C(c1ccc([N+](=O)[O-])s1)N1CCN(C(=S)NCCN2CCOCC2)CC1. The molecule has 1 aromatic heterocycles. The summed E-state index contributed by atoms with van der Waals surface area (Å²) in [5, 5.41) is 14.8. The average molecular weight is 414 g/mol. The van der Waals surface area contributed by atoms with Crippen molar-refractivity contribution in [3.8, 4) is 0 Å². The maximum atomic E-state index is 12.5. The van der Waals surface area contributed by atoms with Gasteiger partial charge in [0.1, 0.15) is 0 Å². The van der Waals surface area contributed by atoms with E-state index in [0.29, 0.717) is 36.2 Å². The van der Waals surface area contributed by atoms with Crippen LogP contribution in [0, 0.1) is 10.1 Å². The van der Waals surface area contributed by atoms with Gasteiger partial charge in [-0.05, 0) is 18.3 Å². The van der Waals surface area contributed by atoms with E-state index < -0.39 is 4.92 Å². The Morgan fingerprint density at radius 1 is 1.19 bits per heavy atom. The summed E-state index contributed by atoms with van der Waals surface area (Å²) in [5.41, 5.74) is 0. The highest BCUT2D eigenvalue weighted by Gasteiger charge is 2.25. The number of hydrogen-bond acceptors (Lipinski definition) is 7. The summed E-state index contributed by atoms with van der Waals surface area (Å²) in [4.78, 5) is 29.3. The topological polar surface area (TPSA) is 91.2 Å². The van der Waals surface area contributed by atoms with Crippen LogP contribution in [0.1, 0.15) is 9.67 Å². The Kier molecular flexibility index (Phi) is 6.94. The molecule has 9 nitrogen and oxygen atoms in total. The lowest BCUT2D eigenvalue weighted by Gasteiger charge is -2.36.